The molecule has 0 atom stereocenters. The van der Waals surface area contributed by atoms with Gasteiger partial charge in [0.25, 0.3) is 0 Å². The third-order valence-corrected chi connectivity index (χ3v) is 4.92. The van der Waals surface area contributed by atoms with E-state index in [1.807, 2.05) is 0 Å². The summed E-state index contributed by atoms with van der Waals surface area (Å²) < 4.78 is 12.8. The lowest BCUT2D eigenvalue weighted by molar-refractivity contribution is 0.117. The maximum atomic E-state index is 12.8. The zero-order chi connectivity index (χ0) is 16.1. The number of hydrogen-bond acceptors (Lipinski definition) is 3. The number of rotatable bonds is 3. The SMILES string of the molecule is O=C(Nc1ccc(F)cn1)NC1CCN(C2CCCCC2)CC1. The van der Waals surface area contributed by atoms with Crippen LogP contribution in [0.5, 0.6) is 0 Å². The van der Waals surface area contributed by atoms with E-state index in [1.165, 1.54) is 44.2 Å². The van der Waals surface area contributed by atoms with Crippen molar-refractivity contribution in [3.63, 3.8) is 0 Å². The second kappa shape index (κ2) is 7.73. The monoisotopic (exact) mass is 320 g/mol. The molecular formula is C17H25FN4O. The van der Waals surface area contributed by atoms with Crippen LogP contribution < -0.4 is 10.6 Å². The minimum atomic E-state index is -0.411. The summed E-state index contributed by atoms with van der Waals surface area (Å²) in [6.45, 7) is 2.12. The lowest BCUT2D eigenvalue weighted by Crippen LogP contribution is -2.49. The summed E-state index contributed by atoms with van der Waals surface area (Å²) >= 11 is 0. The molecular weight excluding hydrogens is 295 g/mol. The molecule has 2 aliphatic rings. The number of nitrogens with zero attached hydrogens (tertiary/aromatic N) is 2. The molecule has 0 spiro atoms. The van der Waals surface area contributed by atoms with Crippen LogP contribution in [0.2, 0.25) is 0 Å². The molecule has 0 aromatic carbocycles. The van der Waals surface area contributed by atoms with Crippen molar-refractivity contribution in [2.24, 2.45) is 0 Å². The highest BCUT2D eigenvalue weighted by Gasteiger charge is 2.26. The Morgan fingerprint density at radius 2 is 1.87 bits per heavy atom. The first kappa shape index (κ1) is 16.2. The number of urea groups is 1. The molecule has 2 amide bonds. The van der Waals surface area contributed by atoms with Crippen LogP contribution in [-0.2, 0) is 0 Å². The molecule has 126 valence electrons. The Bertz CT molecular complexity index is 508. The number of amides is 2. The average molecular weight is 320 g/mol. The van der Waals surface area contributed by atoms with Gasteiger partial charge in [-0.1, -0.05) is 19.3 Å². The number of halogens is 1. The van der Waals surface area contributed by atoms with Crippen molar-refractivity contribution in [2.75, 3.05) is 18.4 Å². The van der Waals surface area contributed by atoms with Crippen molar-refractivity contribution < 1.29 is 9.18 Å². The number of piperidine rings is 1. The van der Waals surface area contributed by atoms with E-state index in [4.69, 9.17) is 0 Å². The standard InChI is InChI=1S/C17H25FN4O/c18-13-6-7-16(19-12-13)21-17(23)20-14-8-10-22(11-9-14)15-4-2-1-3-5-15/h6-7,12,14-15H,1-5,8-11H2,(H2,19,20,21,23). The van der Waals surface area contributed by atoms with Gasteiger partial charge in [-0.3, -0.25) is 5.32 Å². The quantitative estimate of drug-likeness (QED) is 0.899. The predicted octanol–water partition coefficient (Wildman–Crippen LogP) is 3.14. The van der Waals surface area contributed by atoms with Crippen molar-refractivity contribution in [2.45, 2.75) is 57.0 Å². The molecule has 1 aromatic heterocycles. The van der Waals surface area contributed by atoms with Gasteiger partial charge in [0.2, 0.25) is 0 Å². The highest BCUT2D eigenvalue weighted by Crippen LogP contribution is 2.25. The van der Waals surface area contributed by atoms with E-state index < -0.39 is 5.82 Å². The van der Waals surface area contributed by atoms with Crippen LogP contribution >= 0.6 is 0 Å². The molecule has 1 saturated heterocycles. The van der Waals surface area contributed by atoms with Gasteiger partial charge in [-0.25, -0.2) is 14.2 Å². The zero-order valence-electron chi connectivity index (χ0n) is 13.4. The first-order valence-electron chi connectivity index (χ1n) is 8.64. The van der Waals surface area contributed by atoms with Gasteiger partial charge < -0.3 is 10.2 Å². The number of hydrogen-bond donors (Lipinski definition) is 2. The van der Waals surface area contributed by atoms with Crippen LogP contribution in [0.3, 0.4) is 0 Å². The third kappa shape index (κ3) is 4.64. The number of carbonyl (C=O) groups is 1. The van der Waals surface area contributed by atoms with Crippen LogP contribution in [0.25, 0.3) is 0 Å². The van der Waals surface area contributed by atoms with Crippen molar-refractivity contribution in [1.29, 1.82) is 0 Å². The van der Waals surface area contributed by atoms with Crippen LogP contribution in [0.1, 0.15) is 44.9 Å². The molecule has 6 heteroatoms. The normalized spacial score (nSPS) is 21.1. The Morgan fingerprint density at radius 3 is 2.52 bits per heavy atom. The number of pyridine rings is 1. The average Bonchev–Trinajstić information content (AvgIpc) is 2.58. The molecule has 1 aliphatic carbocycles. The minimum Gasteiger partial charge on any atom is -0.335 e. The number of carbonyl (C=O) groups excluding carboxylic acids is 1. The summed E-state index contributed by atoms with van der Waals surface area (Å²) in [6, 6.07) is 3.43. The van der Waals surface area contributed by atoms with Crippen molar-refractivity contribution in [3.8, 4) is 0 Å². The molecule has 2 N–H and O–H groups in total. The maximum absolute atomic E-state index is 12.8. The van der Waals surface area contributed by atoms with E-state index >= 15 is 0 Å². The van der Waals surface area contributed by atoms with E-state index in [0.717, 1.165) is 38.2 Å². The molecule has 1 saturated carbocycles. The summed E-state index contributed by atoms with van der Waals surface area (Å²) in [6.07, 6.45) is 9.82. The molecule has 5 nitrogen and oxygen atoms in total. The lowest BCUT2D eigenvalue weighted by Gasteiger charge is -2.39. The van der Waals surface area contributed by atoms with Gasteiger partial charge in [-0.2, -0.15) is 0 Å². The van der Waals surface area contributed by atoms with Crippen LogP contribution in [0.4, 0.5) is 15.0 Å². The van der Waals surface area contributed by atoms with E-state index in [0.29, 0.717) is 5.82 Å². The summed E-state index contributed by atoms with van der Waals surface area (Å²) in [5.74, 6) is -0.0467. The van der Waals surface area contributed by atoms with Crippen molar-refractivity contribution in [3.05, 3.63) is 24.1 Å². The molecule has 3 rings (SSSR count). The summed E-state index contributed by atoms with van der Waals surface area (Å²) in [5, 5.41) is 5.64. The highest BCUT2D eigenvalue weighted by molar-refractivity contribution is 5.88. The van der Waals surface area contributed by atoms with E-state index in [1.54, 1.807) is 0 Å². The van der Waals surface area contributed by atoms with E-state index in [-0.39, 0.29) is 12.1 Å². The molecule has 23 heavy (non-hydrogen) atoms. The molecule has 2 heterocycles. The van der Waals surface area contributed by atoms with Crippen molar-refractivity contribution >= 4 is 11.8 Å². The number of aromatic nitrogens is 1. The molecule has 0 radical (unpaired) electrons. The summed E-state index contributed by atoms with van der Waals surface area (Å²) in [7, 11) is 0. The van der Waals surface area contributed by atoms with Gasteiger partial charge in [0.15, 0.2) is 0 Å². The van der Waals surface area contributed by atoms with Gasteiger partial charge in [-0.05, 0) is 37.8 Å². The fourth-order valence-corrected chi connectivity index (χ4v) is 3.64. The largest absolute Gasteiger partial charge is 0.335 e. The molecule has 0 unspecified atom stereocenters. The number of anilines is 1. The minimum absolute atomic E-state index is 0.204. The Morgan fingerprint density at radius 1 is 1.13 bits per heavy atom. The third-order valence-electron chi connectivity index (χ3n) is 4.92. The first-order valence-corrected chi connectivity index (χ1v) is 8.64. The fourth-order valence-electron chi connectivity index (χ4n) is 3.64. The second-order valence-corrected chi connectivity index (χ2v) is 6.56. The Labute approximate surface area is 136 Å². The first-order chi connectivity index (χ1) is 11.2. The van der Waals surface area contributed by atoms with Gasteiger partial charge in [0, 0.05) is 25.2 Å². The fraction of sp³-hybridized carbons (Fsp3) is 0.647. The van der Waals surface area contributed by atoms with E-state index in [9.17, 15) is 9.18 Å². The van der Waals surface area contributed by atoms with Gasteiger partial charge in [0.05, 0.1) is 6.20 Å². The predicted molar refractivity (Wildman–Crippen MR) is 87.8 cm³/mol. The Hall–Kier alpha value is -1.69. The summed E-state index contributed by atoms with van der Waals surface area (Å²) in [5.41, 5.74) is 0. The molecule has 1 aromatic rings. The highest BCUT2D eigenvalue weighted by atomic mass is 19.1. The van der Waals surface area contributed by atoms with Gasteiger partial charge >= 0.3 is 6.03 Å². The van der Waals surface area contributed by atoms with Gasteiger partial charge in [-0.15, -0.1) is 0 Å². The molecule has 1 aliphatic heterocycles. The van der Waals surface area contributed by atoms with Crippen LogP contribution in [-0.4, -0.2) is 41.1 Å². The molecule has 0 bridgehead atoms. The number of likely N-dealkylation sites (tertiary alicyclic amines) is 1. The Balaban J connectivity index is 1.41. The Kier molecular flexibility index (Phi) is 5.43. The van der Waals surface area contributed by atoms with Crippen LogP contribution in [0.15, 0.2) is 18.3 Å². The topological polar surface area (TPSA) is 57.3 Å². The number of nitrogens with one attached hydrogen (secondary N) is 2. The van der Waals surface area contributed by atoms with Gasteiger partial charge in [0.1, 0.15) is 11.6 Å². The van der Waals surface area contributed by atoms with E-state index in [2.05, 4.69) is 20.5 Å². The maximum Gasteiger partial charge on any atom is 0.320 e. The summed E-state index contributed by atoms with van der Waals surface area (Å²) in [4.78, 5) is 18.4. The lowest BCUT2D eigenvalue weighted by atomic mass is 9.92. The smallest absolute Gasteiger partial charge is 0.320 e. The zero-order valence-corrected chi connectivity index (χ0v) is 13.4. The van der Waals surface area contributed by atoms with Crippen LogP contribution in [0, 0.1) is 5.82 Å². The molecule has 2 fully saturated rings. The van der Waals surface area contributed by atoms with Crippen molar-refractivity contribution in [1.82, 2.24) is 15.2 Å². The second-order valence-electron chi connectivity index (χ2n) is 6.56.